The number of nitrogens with one attached hydrogen (secondary N) is 1. The molecule has 2 atom stereocenters. The molecular formula is C15H22N2O2. The molecule has 3 rings (SSSR count). The van der Waals surface area contributed by atoms with Crippen LogP contribution in [0.15, 0.2) is 12.1 Å². The second kappa shape index (κ2) is 5.39. The quantitative estimate of drug-likeness (QED) is 0.871. The molecule has 0 saturated heterocycles. The highest BCUT2D eigenvalue weighted by atomic mass is 16.6. The van der Waals surface area contributed by atoms with Gasteiger partial charge in [-0.15, -0.1) is 0 Å². The predicted molar refractivity (Wildman–Crippen MR) is 74.6 cm³/mol. The van der Waals surface area contributed by atoms with Crippen LogP contribution in [0.3, 0.4) is 0 Å². The average molecular weight is 262 g/mol. The molecule has 1 aromatic rings. The smallest absolute Gasteiger partial charge is 0.161 e. The molecule has 0 radical (unpaired) electrons. The first kappa shape index (κ1) is 12.8. The number of nitrogens with two attached hydrogens (primary N) is 1. The molecule has 0 spiro atoms. The topological polar surface area (TPSA) is 56.5 Å². The van der Waals surface area contributed by atoms with Crippen molar-refractivity contribution in [1.29, 1.82) is 0 Å². The third kappa shape index (κ3) is 2.69. The summed E-state index contributed by atoms with van der Waals surface area (Å²) >= 11 is 0. The molecule has 1 heterocycles. The first-order valence-electron chi connectivity index (χ1n) is 7.12. The van der Waals surface area contributed by atoms with Gasteiger partial charge in [0, 0.05) is 18.6 Å². The van der Waals surface area contributed by atoms with Crippen LogP contribution in [-0.4, -0.2) is 25.3 Å². The Labute approximate surface area is 114 Å². The Morgan fingerprint density at radius 2 is 1.95 bits per heavy atom. The zero-order chi connectivity index (χ0) is 13.2. The van der Waals surface area contributed by atoms with Gasteiger partial charge >= 0.3 is 0 Å². The summed E-state index contributed by atoms with van der Waals surface area (Å²) in [6, 6.07) is 4.92. The fourth-order valence-corrected chi connectivity index (χ4v) is 2.91. The number of rotatable bonds is 3. The molecule has 104 valence electrons. The number of benzene rings is 1. The summed E-state index contributed by atoms with van der Waals surface area (Å²) in [5, 5.41) is 3.57. The summed E-state index contributed by atoms with van der Waals surface area (Å²) in [4.78, 5) is 0. The van der Waals surface area contributed by atoms with Gasteiger partial charge in [-0.05, 0) is 43.0 Å². The van der Waals surface area contributed by atoms with E-state index in [9.17, 15) is 0 Å². The van der Waals surface area contributed by atoms with E-state index in [1.54, 1.807) is 0 Å². The lowest BCUT2D eigenvalue weighted by molar-refractivity contribution is 0.171. The van der Waals surface area contributed by atoms with Crippen LogP contribution in [0.4, 0.5) is 0 Å². The lowest BCUT2D eigenvalue weighted by Gasteiger charge is -2.22. The van der Waals surface area contributed by atoms with Crippen molar-refractivity contribution >= 4 is 0 Å². The molecule has 3 N–H and O–H groups in total. The van der Waals surface area contributed by atoms with E-state index in [1.165, 1.54) is 24.0 Å². The lowest BCUT2D eigenvalue weighted by Crippen LogP contribution is -2.40. The van der Waals surface area contributed by atoms with Gasteiger partial charge < -0.3 is 20.5 Å². The van der Waals surface area contributed by atoms with Crippen molar-refractivity contribution in [3.63, 3.8) is 0 Å². The predicted octanol–water partition coefficient (Wildman–Crippen LogP) is 1.74. The van der Waals surface area contributed by atoms with Gasteiger partial charge in [0.1, 0.15) is 13.2 Å². The maximum absolute atomic E-state index is 6.08. The molecule has 1 saturated carbocycles. The van der Waals surface area contributed by atoms with E-state index in [1.807, 2.05) is 0 Å². The second-order valence-electron chi connectivity index (χ2n) is 5.50. The van der Waals surface area contributed by atoms with Crippen molar-refractivity contribution in [2.24, 2.45) is 5.73 Å². The third-order valence-electron chi connectivity index (χ3n) is 4.12. The standard InChI is InChI=1S/C15H22N2O2/c1-10-7-14-15(19-6-5-18-14)8-11(10)9-17-13-4-2-3-12(13)16/h7-8,12-13,17H,2-6,9,16H2,1H3. The average Bonchev–Trinajstić information content (AvgIpc) is 2.82. The van der Waals surface area contributed by atoms with Crippen molar-refractivity contribution in [2.75, 3.05) is 13.2 Å². The summed E-state index contributed by atoms with van der Waals surface area (Å²) in [6.07, 6.45) is 3.56. The van der Waals surface area contributed by atoms with E-state index in [-0.39, 0.29) is 0 Å². The van der Waals surface area contributed by atoms with Crippen LogP contribution in [-0.2, 0) is 6.54 Å². The monoisotopic (exact) mass is 262 g/mol. The highest BCUT2D eigenvalue weighted by Gasteiger charge is 2.23. The van der Waals surface area contributed by atoms with Crippen LogP contribution in [0.25, 0.3) is 0 Å². The summed E-state index contributed by atoms with van der Waals surface area (Å²) in [5.74, 6) is 1.73. The molecule has 1 aliphatic heterocycles. The molecule has 19 heavy (non-hydrogen) atoms. The van der Waals surface area contributed by atoms with E-state index in [0.29, 0.717) is 25.3 Å². The Bertz CT molecular complexity index is 462. The minimum Gasteiger partial charge on any atom is -0.486 e. The Balaban J connectivity index is 1.70. The zero-order valence-electron chi connectivity index (χ0n) is 11.4. The molecule has 2 unspecified atom stereocenters. The summed E-state index contributed by atoms with van der Waals surface area (Å²) in [7, 11) is 0. The van der Waals surface area contributed by atoms with Crippen LogP contribution in [0.2, 0.25) is 0 Å². The minimum absolute atomic E-state index is 0.303. The van der Waals surface area contributed by atoms with Crippen LogP contribution < -0.4 is 20.5 Å². The van der Waals surface area contributed by atoms with Crippen molar-refractivity contribution in [2.45, 2.75) is 44.8 Å². The molecular weight excluding hydrogens is 240 g/mol. The Morgan fingerprint density at radius 3 is 2.63 bits per heavy atom. The SMILES string of the molecule is Cc1cc2c(cc1CNC1CCCC1N)OCCO2. The fourth-order valence-electron chi connectivity index (χ4n) is 2.91. The normalized spacial score (nSPS) is 25.6. The molecule has 0 bridgehead atoms. The van der Waals surface area contributed by atoms with Gasteiger partial charge in [-0.25, -0.2) is 0 Å². The molecule has 1 fully saturated rings. The first-order valence-corrected chi connectivity index (χ1v) is 7.12. The van der Waals surface area contributed by atoms with Crippen LogP contribution >= 0.6 is 0 Å². The zero-order valence-corrected chi connectivity index (χ0v) is 11.4. The Kier molecular flexibility index (Phi) is 3.62. The summed E-state index contributed by atoms with van der Waals surface area (Å²) in [5.41, 5.74) is 8.59. The molecule has 4 heteroatoms. The highest BCUT2D eigenvalue weighted by molar-refractivity contribution is 5.47. The van der Waals surface area contributed by atoms with Gasteiger partial charge in [-0.3, -0.25) is 0 Å². The maximum atomic E-state index is 6.08. The minimum atomic E-state index is 0.303. The van der Waals surface area contributed by atoms with Gasteiger partial charge in [0.15, 0.2) is 11.5 Å². The van der Waals surface area contributed by atoms with Gasteiger partial charge in [-0.1, -0.05) is 6.42 Å². The van der Waals surface area contributed by atoms with Crippen LogP contribution in [0, 0.1) is 6.92 Å². The van der Waals surface area contributed by atoms with Gasteiger partial charge in [0.2, 0.25) is 0 Å². The summed E-state index contributed by atoms with van der Waals surface area (Å²) < 4.78 is 11.2. The van der Waals surface area contributed by atoms with Crippen molar-refractivity contribution in [3.8, 4) is 11.5 Å². The van der Waals surface area contributed by atoms with Gasteiger partial charge in [0.25, 0.3) is 0 Å². The van der Waals surface area contributed by atoms with E-state index in [0.717, 1.165) is 24.5 Å². The van der Waals surface area contributed by atoms with Gasteiger partial charge in [0.05, 0.1) is 0 Å². The Hall–Kier alpha value is -1.26. The van der Waals surface area contributed by atoms with E-state index < -0.39 is 0 Å². The third-order valence-corrected chi connectivity index (χ3v) is 4.12. The van der Waals surface area contributed by atoms with Gasteiger partial charge in [-0.2, -0.15) is 0 Å². The second-order valence-corrected chi connectivity index (χ2v) is 5.50. The Morgan fingerprint density at radius 1 is 1.21 bits per heavy atom. The van der Waals surface area contributed by atoms with Crippen molar-refractivity contribution in [3.05, 3.63) is 23.3 Å². The highest BCUT2D eigenvalue weighted by Crippen LogP contribution is 2.33. The number of hydrogen-bond donors (Lipinski definition) is 2. The van der Waals surface area contributed by atoms with Crippen molar-refractivity contribution in [1.82, 2.24) is 5.32 Å². The molecule has 1 aliphatic carbocycles. The maximum Gasteiger partial charge on any atom is 0.161 e. The number of aryl methyl sites for hydroxylation is 1. The number of hydrogen-bond acceptors (Lipinski definition) is 4. The number of fused-ring (bicyclic) bond motifs is 1. The molecule has 0 aromatic heterocycles. The first-order chi connectivity index (χ1) is 9.24. The largest absolute Gasteiger partial charge is 0.486 e. The lowest BCUT2D eigenvalue weighted by atomic mass is 10.1. The molecule has 1 aromatic carbocycles. The van der Waals surface area contributed by atoms with E-state index in [4.69, 9.17) is 15.2 Å². The molecule has 0 amide bonds. The van der Waals surface area contributed by atoms with Crippen LogP contribution in [0.5, 0.6) is 11.5 Å². The van der Waals surface area contributed by atoms with Crippen molar-refractivity contribution < 1.29 is 9.47 Å². The summed E-state index contributed by atoms with van der Waals surface area (Å²) in [6.45, 7) is 4.24. The number of ether oxygens (including phenoxy) is 2. The molecule has 4 nitrogen and oxygen atoms in total. The van der Waals surface area contributed by atoms with E-state index in [2.05, 4.69) is 24.4 Å². The van der Waals surface area contributed by atoms with E-state index >= 15 is 0 Å². The fraction of sp³-hybridized carbons (Fsp3) is 0.600. The molecule has 2 aliphatic rings. The van der Waals surface area contributed by atoms with Crippen LogP contribution in [0.1, 0.15) is 30.4 Å².